The average molecular weight is 237 g/mol. The molecule has 1 heterocycles. The van der Waals surface area contributed by atoms with Crippen LogP contribution in [0.5, 0.6) is 0 Å². The van der Waals surface area contributed by atoms with Crippen LogP contribution in [0.2, 0.25) is 0 Å². The summed E-state index contributed by atoms with van der Waals surface area (Å²) in [5.41, 5.74) is 0.908. The highest BCUT2D eigenvalue weighted by Gasteiger charge is 2.16. The van der Waals surface area contributed by atoms with Gasteiger partial charge >= 0.3 is 5.97 Å². The second kappa shape index (κ2) is 6.18. The van der Waals surface area contributed by atoms with Crippen LogP contribution in [0.4, 0.5) is 5.95 Å². The fourth-order valence-electron chi connectivity index (χ4n) is 1.40. The van der Waals surface area contributed by atoms with Crippen molar-refractivity contribution in [3.05, 3.63) is 18.0 Å². The third-order valence-corrected chi connectivity index (χ3v) is 2.53. The molecule has 0 spiro atoms. The Morgan fingerprint density at radius 2 is 2.29 bits per heavy atom. The molecule has 1 unspecified atom stereocenters. The molecular weight excluding hydrogens is 218 g/mol. The second-order valence-electron chi connectivity index (χ2n) is 3.97. The number of anilines is 1. The van der Waals surface area contributed by atoms with Crippen LogP contribution in [-0.4, -0.2) is 35.6 Å². The standard InChI is InChI=1S/C12H19N3O2/c1-5-17-11(16)8-10(3)15(4)12-13-7-6-9(2)14-12/h6-7,10H,5,8H2,1-4H3. The maximum Gasteiger partial charge on any atom is 0.307 e. The third kappa shape index (κ3) is 4.01. The third-order valence-electron chi connectivity index (χ3n) is 2.53. The number of carbonyl (C=O) groups excluding carboxylic acids is 1. The maximum atomic E-state index is 11.4. The van der Waals surface area contributed by atoms with Gasteiger partial charge in [0.25, 0.3) is 0 Å². The van der Waals surface area contributed by atoms with E-state index in [1.54, 1.807) is 13.1 Å². The van der Waals surface area contributed by atoms with E-state index in [0.29, 0.717) is 19.0 Å². The first kappa shape index (κ1) is 13.4. The lowest BCUT2D eigenvalue weighted by atomic mass is 10.2. The van der Waals surface area contributed by atoms with Gasteiger partial charge in [0.15, 0.2) is 0 Å². The molecule has 0 radical (unpaired) electrons. The summed E-state index contributed by atoms with van der Waals surface area (Å²) in [4.78, 5) is 21.7. The molecule has 0 saturated heterocycles. The van der Waals surface area contributed by atoms with E-state index in [1.807, 2.05) is 31.9 Å². The summed E-state index contributed by atoms with van der Waals surface area (Å²) in [6.45, 7) is 6.07. The molecule has 0 aliphatic rings. The van der Waals surface area contributed by atoms with Crippen LogP contribution in [0.1, 0.15) is 26.0 Å². The van der Waals surface area contributed by atoms with Crippen LogP contribution in [0, 0.1) is 6.92 Å². The van der Waals surface area contributed by atoms with Crippen LogP contribution >= 0.6 is 0 Å². The molecular formula is C12H19N3O2. The Morgan fingerprint density at radius 3 is 2.88 bits per heavy atom. The summed E-state index contributed by atoms with van der Waals surface area (Å²) in [6, 6.07) is 1.85. The molecule has 5 heteroatoms. The van der Waals surface area contributed by atoms with Gasteiger partial charge in [0, 0.05) is 25.0 Å². The van der Waals surface area contributed by atoms with Crippen molar-refractivity contribution >= 4 is 11.9 Å². The molecule has 17 heavy (non-hydrogen) atoms. The zero-order valence-corrected chi connectivity index (χ0v) is 10.8. The number of esters is 1. The summed E-state index contributed by atoms with van der Waals surface area (Å²) in [6.07, 6.45) is 2.05. The number of aromatic nitrogens is 2. The van der Waals surface area contributed by atoms with Gasteiger partial charge in [-0.3, -0.25) is 4.79 Å². The van der Waals surface area contributed by atoms with E-state index < -0.39 is 0 Å². The lowest BCUT2D eigenvalue weighted by Crippen LogP contribution is -2.33. The van der Waals surface area contributed by atoms with Gasteiger partial charge in [0.05, 0.1) is 13.0 Å². The Hall–Kier alpha value is -1.65. The van der Waals surface area contributed by atoms with Crippen molar-refractivity contribution in [3.8, 4) is 0 Å². The van der Waals surface area contributed by atoms with Gasteiger partial charge in [-0.15, -0.1) is 0 Å². The van der Waals surface area contributed by atoms with Crippen LogP contribution in [0.3, 0.4) is 0 Å². The predicted molar refractivity (Wildman–Crippen MR) is 65.9 cm³/mol. The van der Waals surface area contributed by atoms with Crippen LogP contribution in [-0.2, 0) is 9.53 Å². The van der Waals surface area contributed by atoms with Gasteiger partial charge in [-0.05, 0) is 26.8 Å². The van der Waals surface area contributed by atoms with E-state index in [9.17, 15) is 4.79 Å². The fourth-order valence-corrected chi connectivity index (χ4v) is 1.40. The van der Waals surface area contributed by atoms with Crippen molar-refractivity contribution in [1.82, 2.24) is 9.97 Å². The molecule has 0 amide bonds. The van der Waals surface area contributed by atoms with Gasteiger partial charge in [-0.25, -0.2) is 9.97 Å². The van der Waals surface area contributed by atoms with Gasteiger partial charge in [0.2, 0.25) is 5.95 Å². The molecule has 0 N–H and O–H groups in total. The lowest BCUT2D eigenvalue weighted by molar-refractivity contribution is -0.143. The average Bonchev–Trinajstić information content (AvgIpc) is 2.28. The molecule has 0 aliphatic carbocycles. The minimum Gasteiger partial charge on any atom is -0.466 e. The van der Waals surface area contributed by atoms with E-state index in [-0.39, 0.29) is 12.0 Å². The van der Waals surface area contributed by atoms with E-state index in [2.05, 4.69) is 9.97 Å². The highest BCUT2D eigenvalue weighted by atomic mass is 16.5. The Labute approximate surface area is 102 Å². The number of hydrogen-bond acceptors (Lipinski definition) is 5. The maximum absolute atomic E-state index is 11.4. The summed E-state index contributed by atoms with van der Waals surface area (Å²) in [5.74, 6) is 0.432. The topological polar surface area (TPSA) is 55.3 Å². The first-order valence-corrected chi connectivity index (χ1v) is 5.72. The number of aryl methyl sites for hydroxylation is 1. The molecule has 1 rings (SSSR count). The lowest BCUT2D eigenvalue weighted by Gasteiger charge is -2.24. The quantitative estimate of drug-likeness (QED) is 0.727. The largest absolute Gasteiger partial charge is 0.466 e. The molecule has 94 valence electrons. The summed E-state index contributed by atoms with van der Waals surface area (Å²) >= 11 is 0. The van der Waals surface area contributed by atoms with Crippen molar-refractivity contribution in [2.75, 3.05) is 18.6 Å². The van der Waals surface area contributed by atoms with Crippen molar-refractivity contribution < 1.29 is 9.53 Å². The monoisotopic (exact) mass is 237 g/mol. The Balaban J connectivity index is 2.63. The molecule has 5 nitrogen and oxygen atoms in total. The van der Waals surface area contributed by atoms with E-state index >= 15 is 0 Å². The van der Waals surface area contributed by atoms with E-state index in [0.717, 1.165) is 5.69 Å². The molecule has 0 aromatic carbocycles. The predicted octanol–water partition coefficient (Wildman–Crippen LogP) is 1.56. The van der Waals surface area contributed by atoms with Crippen molar-refractivity contribution in [1.29, 1.82) is 0 Å². The number of carbonyl (C=O) groups is 1. The highest BCUT2D eigenvalue weighted by molar-refractivity contribution is 5.70. The van der Waals surface area contributed by atoms with Crippen molar-refractivity contribution in [3.63, 3.8) is 0 Å². The molecule has 1 atom stereocenters. The SMILES string of the molecule is CCOC(=O)CC(C)N(C)c1nccc(C)n1. The minimum absolute atomic E-state index is 0.0100. The Bertz CT molecular complexity index is 382. The normalized spacial score (nSPS) is 12.0. The number of nitrogens with zero attached hydrogens (tertiary/aromatic N) is 3. The molecule has 0 fully saturated rings. The van der Waals surface area contributed by atoms with Crippen LogP contribution < -0.4 is 4.90 Å². The number of ether oxygens (including phenoxy) is 1. The van der Waals surface area contributed by atoms with Crippen LogP contribution in [0.25, 0.3) is 0 Å². The van der Waals surface area contributed by atoms with Gasteiger partial charge in [-0.1, -0.05) is 0 Å². The van der Waals surface area contributed by atoms with Crippen LogP contribution in [0.15, 0.2) is 12.3 Å². The van der Waals surface area contributed by atoms with Gasteiger partial charge in [0.1, 0.15) is 0 Å². The van der Waals surface area contributed by atoms with E-state index in [1.165, 1.54) is 0 Å². The first-order chi connectivity index (χ1) is 8.04. The second-order valence-corrected chi connectivity index (χ2v) is 3.97. The summed E-state index contributed by atoms with van der Waals surface area (Å²) in [5, 5.41) is 0. The van der Waals surface area contributed by atoms with Crippen molar-refractivity contribution in [2.24, 2.45) is 0 Å². The minimum atomic E-state index is -0.195. The molecule has 0 saturated carbocycles. The number of hydrogen-bond donors (Lipinski definition) is 0. The molecule has 0 bridgehead atoms. The summed E-state index contributed by atoms with van der Waals surface area (Å²) < 4.78 is 4.92. The summed E-state index contributed by atoms with van der Waals surface area (Å²) in [7, 11) is 1.87. The smallest absolute Gasteiger partial charge is 0.307 e. The van der Waals surface area contributed by atoms with E-state index in [4.69, 9.17) is 4.74 Å². The van der Waals surface area contributed by atoms with Gasteiger partial charge < -0.3 is 9.64 Å². The first-order valence-electron chi connectivity index (χ1n) is 5.72. The molecule has 1 aromatic heterocycles. The zero-order chi connectivity index (χ0) is 12.8. The van der Waals surface area contributed by atoms with Crippen molar-refractivity contribution in [2.45, 2.75) is 33.2 Å². The molecule has 1 aromatic rings. The van der Waals surface area contributed by atoms with Gasteiger partial charge in [-0.2, -0.15) is 0 Å². The zero-order valence-electron chi connectivity index (χ0n) is 10.8. The Morgan fingerprint density at radius 1 is 1.59 bits per heavy atom. The fraction of sp³-hybridized carbons (Fsp3) is 0.583. The highest BCUT2D eigenvalue weighted by Crippen LogP contribution is 2.11. The Kier molecular flexibility index (Phi) is 4.87. The molecule has 0 aliphatic heterocycles. The number of rotatable bonds is 5.